The molecule has 4 aromatic carbocycles. The minimum atomic E-state index is -0.244. The van der Waals surface area contributed by atoms with Gasteiger partial charge in [0.25, 0.3) is 9.03 Å². The van der Waals surface area contributed by atoms with Gasteiger partial charge in [0.15, 0.2) is 0 Å². The van der Waals surface area contributed by atoms with E-state index < -0.39 is 0 Å². The summed E-state index contributed by atoms with van der Waals surface area (Å²) in [6.07, 6.45) is 0. The van der Waals surface area contributed by atoms with Crippen LogP contribution in [0.15, 0.2) is 42.5 Å². The Labute approximate surface area is 281 Å². The number of fused-ring (bicyclic) bond motifs is 1. The lowest BCUT2D eigenvalue weighted by Crippen LogP contribution is -2.07. The Morgan fingerprint density at radius 2 is 1.02 bits per heavy atom. The van der Waals surface area contributed by atoms with E-state index in [0.29, 0.717) is 29.4 Å². The Hall–Kier alpha value is -3.03. The van der Waals surface area contributed by atoms with Crippen molar-refractivity contribution in [1.82, 2.24) is 0 Å². The van der Waals surface area contributed by atoms with E-state index in [1.807, 2.05) is 0 Å². The number of aromatic hydroxyl groups is 1. The molecule has 0 aromatic heterocycles. The van der Waals surface area contributed by atoms with Gasteiger partial charge < -0.3 is 14.2 Å². The minimum Gasteiger partial charge on any atom is -0.507 e. The van der Waals surface area contributed by atoms with Crippen molar-refractivity contribution < 1.29 is 14.2 Å². The summed E-state index contributed by atoms with van der Waals surface area (Å²) in [4.78, 5) is 0. The summed E-state index contributed by atoms with van der Waals surface area (Å²) in [7, 11) is -0.244. The fraction of sp³-hybridized carbons (Fsp3) is 0.476. The zero-order valence-electron chi connectivity index (χ0n) is 30.8. The molecule has 1 unspecified atom stereocenters. The van der Waals surface area contributed by atoms with Crippen molar-refractivity contribution in [2.45, 2.75) is 132 Å². The van der Waals surface area contributed by atoms with Gasteiger partial charge in [0.1, 0.15) is 17.2 Å². The van der Waals surface area contributed by atoms with Gasteiger partial charge in [-0.1, -0.05) is 113 Å². The van der Waals surface area contributed by atoms with E-state index in [1.54, 1.807) is 0 Å². The molecule has 248 valence electrons. The molecule has 4 heteroatoms. The zero-order valence-corrected chi connectivity index (χ0v) is 31.8. The summed E-state index contributed by atoms with van der Waals surface area (Å²) in [5.41, 5.74) is 11.4. The second-order valence-electron chi connectivity index (χ2n) is 15.0. The summed E-state index contributed by atoms with van der Waals surface area (Å²) in [5.74, 6) is 3.88. The molecule has 3 nitrogen and oxygen atoms in total. The van der Waals surface area contributed by atoms with Crippen molar-refractivity contribution in [2.24, 2.45) is 0 Å². The van der Waals surface area contributed by atoms with Crippen molar-refractivity contribution in [3.8, 4) is 28.4 Å². The number of phenolic OH excluding ortho intramolecular Hbond substituents is 1. The monoisotopic (exact) mass is 640 g/mol. The summed E-state index contributed by atoms with van der Waals surface area (Å²) in [5, 5.41) is 14.4. The molecule has 0 aliphatic carbocycles. The second kappa shape index (κ2) is 14.4. The van der Waals surface area contributed by atoms with E-state index in [2.05, 4.69) is 139 Å². The SMILES string of the molecule is Cc1c(C(C)C)cc(C(C)C)c(O)c1-c1c(C)c(C(C)C)cc(C(C)C)c1OPOc1cc2ccc(C(C)C)cc2cc1C(C)C. The van der Waals surface area contributed by atoms with Crippen LogP contribution in [0.1, 0.15) is 163 Å². The normalized spacial score (nSPS) is 12.4. The highest BCUT2D eigenvalue weighted by Crippen LogP contribution is 2.51. The van der Waals surface area contributed by atoms with Gasteiger partial charge >= 0.3 is 0 Å². The quantitative estimate of drug-likeness (QED) is 0.166. The van der Waals surface area contributed by atoms with Crippen LogP contribution >= 0.6 is 9.03 Å². The standard InChI is InChI=1S/C42H57O3P/c1-22(2)30-15-16-31-19-38(35(25(7)8)18-32(31)17-30)44-46-45-42-37(27(11)12)21-34(24(5)6)29(14)40(42)39-28(13)33(23(3)4)20-36(26(9)10)41(39)43/h15-27,43,46H,1-14H3. The highest BCUT2D eigenvalue weighted by molar-refractivity contribution is 7.27. The first-order chi connectivity index (χ1) is 21.5. The van der Waals surface area contributed by atoms with Crippen molar-refractivity contribution >= 4 is 19.8 Å². The lowest BCUT2D eigenvalue weighted by atomic mass is 9.80. The molecule has 4 aromatic rings. The molecular weight excluding hydrogens is 583 g/mol. The molecule has 1 atom stereocenters. The Morgan fingerprint density at radius 1 is 0.500 bits per heavy atom. The van der Waals surface area contributed by atoms with Crippen LogP contribution in [-0.2, 0) is 0 Å². The first-order valence-electron chi connectivity index (χ1n) is 17.2. The molecular formula is C42H57O3P. The van der Waals surface area contributed by atoms with E-state index >= 15 is 0 Å². The van der Waals surface area contributed by atoms with E-state index in [9.17, 15) is 5.11 Å². The Bertz CT molecular complexity index is 1680. The van der Waals surface area contributed by atoms with E-state index in [0.717, 1.165) is 44.9 Å². The fourth-order valence-corrected chi connectivity index (χ4v) is 7.33. The maximum atomic E-state index is 12.0. The third-order valence-electron chi connectivity index (χ3n) is 9.55. The topological polar surface area (TPSA) is 38.7 Å². The fourth-order valence-electron chi connectivity index (χ4n) is 6.71. The molecule has 0 amide bonds. The van der Waals surface area contributed by atoms with Gasteiger partial charge in [-0.05, 0) is 117 Å². The van der Waals surface area contributed by atoms with Crippen LogP contribution in [0, 0.1) is 13.8 Å². The van der Waals surface area contributed by atoms with Crippen molar-refractivity contribution in [1.29, 1.82) is 0 Å². The molecule has 0 saturated heterocycles. The molecule has 0 spiro atoms. The van der Waals surface area contributed by atoms with Gasteiger partial charge in [0.05, 0.1) is 0 Å². The van der Waals surface area contributed by atoms with Crippen molar-refractivity contribution in [2.75, 3.05) is 0 Å². The minimum absolute atomic E-state index is 0.184. The first kappa shape index (κ1) is 35.8. The number of phenols is 1. The molecule has 0 fully saturated rings. The van der Waals surface area contributed by atoms with Gasteiger partial charge in [-0.25, -0.2) is 0 Å². The van der Waals surface area contributed by atoms with Crippen molar-refractivity contribution in [3.63, 3.8) is 0 Å². The van der Waals surface area contributed by atoms with Gasteiger partial charge in [-0.3, -0.25) is 0 Å². The highest BCUT2D eigenvalue weighted by atomic mass is 31.1. The van der Waals surface area contributed by atoms with E-state index in [4.69, 9.17) is 9.05 Å². The molecule has 0 saturated carbocycles. The first-order valence-corrected chi connectivity index (χ1v) is 18.1. The molecule has 0 aliphatic heterocycles. The number of hydrogen-bond donors (Lipinski definition) is 1. The third kappa shape index (κ3) is 7.11. The average molecular weight is 641 g/mol. The molecule has 0 heterocycles. The van der Waals surface area contributed by atoms with Gasteiger partial charge in [-0.15, -0.1) is 0 Å². The average Bonchev–Trinajstić information content (AvgIpc) is 2.96. The lowest BCUT2D eigenvalue weighted by Gasteiger charge is -2.27. The highest BCUT2D eigenvalue weighted by Gasteiger charge is 2.28. The van der Waals surface area contributed by atoms with Crippen LogP contribution in [0.2, 0.25) is 0 Å². The van der Waals surface area contributed by atoms with E-state index in [-0.39, 0.29) is 20.9 Å². The molecule has 1 N–H and O–H groups in total. The Kier molecular flexibility index (Phi) is 11.2. The predicted octanol–water partition coefficient (Wildman–Crippen LogP) is 13.5. The number of hydrogen-bond acceptors (Lipinski definition) is 3. The maximum absolute atomic E-state index is 12.0. The van der Waals surface area contributed by atoms with Crippen molar-refractivity contribution in [3.05, 3.63) is 87.0 Å². The van der Waals surface area contributed by atoms with Gasteiger partial charge in [0, 0.05) is 11.1 Å². The Morgan fingerprint density at radius 3 is 1.54 bits per heavy atom. The molecule has 0 bridgehead atoms. The zero-order chi connectivity index (χ0) is 34.2. The number of benzene rings is 4. The third-order valence-corrected chi connectivity index (χ3v) is 10.1. The summed E-state index contributed by atoms with van der Waals surface area (Å²) in [6, 6.07) is 15.7. The van der Waals surface area contributed by atoms with Crippen LogP contribution < -0.4 is 9.05 Å². The predicted molar refractivity (Wildman–Crippen MR) is 201 cm³/mol. The number of rotatable bonds is 11. The maximum Gasteiger partial charge on any atom is 0.275 e. The molecule has 0 aliphatic rings. The van der Waals surface area contributed by atoms with E-state index in [1.165, 1.54) is 33.0 Å². The van der Waals surface area contributed by atoms with Crippen LogP contribution in [0.4, 0.5) is 0 Å². The van der Waals surface area contributed by atoms with Crippen LogP contribution in [-0.4, -0.2) is 5.11 Å². The largest absolute Gasteiger partial charge is 0.507 e. The molecule has 4 rings (SSSR count). The van der Waals surface area contributed by atoms with Crippen LogP contribution in [0.25, 0.3) is 21.9 Å². The smallest absolute Gasteiger partial charge is 0.275 e. The van der Waals surface area contributed by atoms with Crippen LogP contribution in [0.5, 0.6) is 17.2 Å². The molecule has 46 heavy (non-hydrogen) atoms. The summed E-state index contributed by atoms with van der Waals surface area (Å²) >= 11 is 0. The second-order valence-corrected chi connectivity index (χ2v) is 15.6. The summed E-state index contributed by atoms with van der Waals surface area (Å²) < 4.78 is 13.4. The van der Waals surface area contributed by atoms with Gasteiger partial charge in [0.2, 0.25) is 0 Å². The van der Waals surface area contributed by atoms with Gasteiger partial charge in [-0.2, -0.15) is 0 Å². The summed E-state index contributed by atoms with van der Waals surface area (Å²) in [6.45, 7) is 30.9. The van der Waals surface area contributed by atoms with Crippen LogP contribution in [0.3, 0.4) is 0 Å². The Balaban J connectivity index is 1.90. The molecule has 0 radical (unpaired) electrons. The lowest BCUT2D eigenvalue weighted by molar-refractivity contribution is 0.465.